The Labute approximate surface area is 148 Å². The maximum atomic E-state index is 10.6. The summed E-state index contributed by atoms with van der Waals surface area (Å²) in [4.78, 5) is 25.0. The van der Waals surface area contributed by atoms with Gasteiger partial charge < -0.3 is 0 Å². The molecule has 0 amide bonds. The maximum Gasteiger partial charge on any atom is 0.150 e. The molecule has 1 aliphatic carbocycles. The normalized spacial score (nSPS) is 11.8. The molecule has 0 N–H and O–H groups in total. The van der Waals surface area contributed by atoms with Crippen LogP contribution in [0.5, 0.6) is 0 Å². The highest BCUT2D eigenvalue weighted by Crippen LogP contribution is 2.45. The van der Waals surface area contributed by atoms with Crippen molar-refractivity contribution < 1.29 is 9.59 Å². The lowest BCUT2D eigenvalue weighted by atomic mass is 10.1. The van der Waals surface area contributed by atoms with Crippen LogP contribution in [0.4, 0.5) is 0 Å². The van der Waals surface area contributed by atoms with Gasteiger partial charge in [0.1, 0.15) is 17.0 Å². The molecule has 1 fully saturated rings. The predicted octanol–water partition coefficient (Wildman–Crippen LogP) is 5.17. The highest BCUT2D eigenvalue weighted by atomic mass is 16.1. The van der Waals surface area contributed by atoms with Crippen LogP contribution in [-0.4, -0.2) is 16.6 Å². The average Bonchev–Trinajstić information content (AvgIpc) is 3.43. The molecule has 0 aliphatic heterocycles. The van der Waals surface area contributed by atoms with Crippen LogP contribution in [0.25, 0.3) is 0 Å². The predicted molar refractivity (Wildman–Crippen MR) is 101 cm³/mol. The lowest BCUT2D eigenvalue weighted by Gasteiger charge is -1.93. The lowest BCUT2D eigenvalue weighted by molar-refractivity contribution is -0.120. The minimum Gasteiger partial charge on any atom is -0.300 e. The summed E-state index contributed by atoms with van der Waals surface area (Å²) < 4.78 is 0. The number of pyridine rings is 1. The number of rotatable bonds is 3. The van der Waals surface area contributed by atoms with E-state index in [2.05, 4.69) is 4.98 Å². The Balaban J connectivity index is -0.000000284. The van der Waals surface area contributed by atoms with E-state index < -0.39 is 5.41 Å². The van der Waals surface area contributed by atoms with Gasteiger partial charge in [0.2, 0.25) is 0 Å². The Bertz CT molecular complexity index is 472. The molecule has 136 valence electrons. The highest BCUT2D eigenvalue weighted by molar-refractivity contribution is 5.87. The van der Waals surface area contributed by atoms with Gasteiger partial charge in [-0.2, -0.15) is 5.26 Å². The molecular weight excluding hydrogens is 300 g/mol. The number of carbonyl (C=O) groups is 2. The van der Waals surface area contributed by atoms with Gasteiger partial charge in [-0.3, -0.25) is 14.6 Å². The quantitative estimate of drug-likeness (QED) is 0.764. The maximum absolute atomic E-state index is 10.6. The Hall–Kier alpha value is -2.02. The SMILES string of the molecule is CC.CC.CC.CC(=O)C1(C#N)CC1.CC(=O)Cc1cccnc1. The number of Topliss-reactive ketones (excluding diaryl/α,β-unsaturated/α-hetero) is 2. The third-order valence-corrected chi connectivity index (χ3v) is 2.81. The molecule has 1 aromatic heterocycles. The van der Waals surface area contributed by atoms with Crippen LogP contribution >= 0.6 is 0 Å². The minimum absolute atomic E-state index is 0.0278. The molecule has 24 heavy (non-hydrogen) atoms. The second kappa shape index (κ2) is 17.3. The average molecular weight is 335 g/mol. The van der Waals surface area contributed by atoms with Crippen molar-refractivity contribution in [3.8, 4) is 6.07 Å². The van der Waals surface area contributed by atoms with Gasteiger partial charge in [0, 0.05) is 18.8 Å². The molecule has 0 bridgehead atoms. The van der Waals surface area contributed by atoms with Crippen molar-refractivity contribution in [1.82, 2.24) is 4.98 Å². The van der Waals surface area contributed by atoms with Gasteiger partial charge in [0.15, 0.2) is 0 Å². The van der Waals surface area contributed by atoms with Crippen LogP contribution in [0.15, 0.2) is 24.5 Å². The summed E-state index contributed by atoms with van der Waals surface area (Å²) in [5.41, 5.74) is 0.440. The van der Waals surface area contributed by atoms with Crippen molar-refractivity contribution in [2.24, 2.45) is 5.41 Å². The van der Waals surface area contributed by atoms with E-state index in [-0.39, 0.29) is 11.6 Å². The molecule has 4 nitrogen and oxygen atoms in total. The van der Waals surface area contributed by atoms with Crippen molar-refractivity contribution in [3.63, 3.8) is 0 Å². The molecule has 0 unspecified atom stereocenters. The van der Waals surface area contributed by atoms with Crippen LogP contribution < -0.4 is 0 Å². The first kappa shape index (κ1) is 26.9. The molecule has 0 atom stereocenters. The molecule has 0 radical (unpaired) electrons. The van der Waals surface area contributed by atoms with Crippen molar-refractivity contribution in [2.45, 2.75) is 74.7 Å². The van der Waals surface area contributed by atoms with E-state index in [0.717, 1.165) is 18.4 Å². The molecule has 1 heterocycles. The summed E-state index contributed by atoms with van der Waals surface area (Å²) >= 11 is 0. The number of ketones is 2. The van der Waals surface area contributed by atoms with E-state index in [9.17, 15) is 9.59 Å². The van der Waals surface area contributed by atoms with Crippen molar-refractivity contribution in [1.29, 1.82) is 5.26 Å². The fourth-order valence-corrected chi connectivity index (χ4v) is 1.46. The van der Waals surface area contributed by atoms with Gasteiger partial charge in [-0.25, -0.2) is 0 Å². The van der Waals surface area contributed by atoms with E-state index in [1.165, 1.54) is 6.92 Å². The van der Waals surface area contributed by atoms with Gasteiger partial charge >= 0.3 is 0 Å². The molecular formula is C20H34N2O2. The number of nitrogens with zero attached hydrogens (tertiary/aromatic N) is 2. The summed E-state index contributed by atoms with van der Waals surface area (Å²) in [6, 6.07) is 5.73. The third-order valence-electron chi connectivity index (χ3n) is 2.81. The monoisotopic (exact) mass is 334 g/mol. The Kier molecular flexibility index (Phi) is 19.4. The van der Waals surface area contributed by atoms with Crippen LogP contribution in [-0.2, 0) is 16.0 Å². The second-order valence-corrected chi connectivity index (χ2v) is 4.49. The summed E-state index contributed by atoms with van der Waals surface area (Å²) in [5, 5.41) is 8.36. The van der Waals surface area contributed by atoms with E-state index in [4.69, 9.17) is 5.26 Å². The van der Waals surface area contributed by atoms with Crippen molar-refractivity contribution in [2.75, 3.05) is 0 Å². The molecule has 0 saturated heterocycles. The summed E-state index contributed by atoms with van der Waals surface area (Å²) in [7, 11) is 0. The Morgan fingerprint density at radius 1 is 1.12 bits per heavy atom. The zero-order chi connectivity index (χ0) is 19.6. The molecule has 2 rings (SSSR count). The van der Waals surface area contributed by atoms with Gasteiger partial charge in [-0.1, -0.05) is 47.6 Å². The first-order valence-electron chi connectivity index (χ1n) is 8.81. The van der Waals surface area contributed by atoms with E-state index in [1.807, 2.05) is 59.7 Å². The lowest BCUT2D eigenvalue weighted by Crippen LogP contribution is -2.07. The zero-order valence-corrected chi connectivity index (χ0v) is 16.6. The van der Waals surface area contributed by atoms with E-state index >= 15 is 0 Å². The van der Waals surface area contributed by atoms with Crippen molar-refractivity contribution in [3.05, 3.63) is 30.1 Å². The van der Waals surface area contributed by atoms with Gasteiger partial charge in [0.25, 0.3) is 0 Å². The van der Waals surface area contributed by atoms with Gasteiger partial charge in [-0.15, -0.1) is 0 Å². The number of hydrogen-bond acceptors (Lipinski definition) is 4. The van der Waals surface area contributed by atoms with Crippen LogP contribution in [0, 0.1) is 16.7 Å². The highest BCUT2D eigenvalue weighted by Gasteiger charge is 2.47. The summed E-state index contributed by atoms with van der Waals surface area (Å²) in [6.45, 7) is 15.1. The smallest absolute Gasteiger partial charge is 0.150 e. The molecule has 1 aromatic rings. The Morgan fingerprint density at radius 3 is 1.83 bits per heavy atom. The summed E-state index contributed by atoms with van der Waals surface area (Å²) in [6.07, 6.45) is 5.45. The van der Waals surface area contributed by atoms with E-state index in [0.29, 0.717) is 6.42 Å². The van der Waals surface area contributed by atoms with Crippen LogP contribution in [0.2, 0.25) is 0 Å². The van der Waals surface area contributed by atoms with Gasteiger partial charge in [0.05, 0.1) is 6.07 Å². The van der Waals surface area contributed by atoms with Crippen molar-refractivity contribution >= 4 is 11.6 Å². The number of aromatic nitrogens is 1. The first-order valence-corrected chi connectivity index (χ1v) is 8.81. The molecule has 1 saturated carbocycles. The fourth-order valence-electron chi connectivity index (χ4n) is 1.46. The molecule has 4 heteroatoms. The molecule has 0 aromatic carbocycles. The number of carbonyl (C=O) groups excluding carboxylic acids is 2. The number of hydrogen-bond donors (Lipinski definition) is 0. The molecule has 1 aliphatic rings. The Morgan fingerprint density at radius 2 is 1.62 bits per heavy atom. The third kappa shape index (κ3) is 12.5. The summed E-state index contributed by atoms with van der Waals surface area (Å²) in [5.74, 6) is 0.202. The minimum atomic E-state index is -0.542. The first-order chi connectivity index (χ1) is 11.5. The standard InChI is InChI=1S/C8H9NO.C6H7NO.3C2H6/c1-7(10)5-8-3-2-4-9-6-8;1-5(8)6(4-7)2-3-6;3*1-2/h2-4,6H,5H2,1H3;2-3H2,1H3;3*1-2H3. The fraction of sp³-hybridized carbons (Fsp3) is 0.600. The van der Waals surface area contributed by atoms with Crippen LogP contribution in [0.3, 0.4) is 0 Å². The number of nitriles is 1. The second-order valence-electron chi connectivity index (χ2n) is 4.49. The van der Waals surface area contributed by atoms with Crippen LogP contribution in [0.1, 0.15) is 73.8 Å². The topological polar surface area (TPSA) is 70.8 Å². The zero-order valence-electron chi connectivity index (χ0n) is 16.6. The molecule has 0 spiro atoms. The van der Waals surface area contributed by atoms with Gasteiger partial charge in [-0.05, 0) is 38.3 Å². The van der Waals surface area contributed by atoms with E-state index in [1.54, 1.807) is 19.3 Å². The largest absolute Gasteiger partial charge is 0.300 e.